The predicted molar refractivity (Wildman–Crippen MR) is 64.7 cm³/mol. The smallest absolute Gasteiger partial charge is 0.0517 e. The summed E-state index contributed by atoms with van der Waals surface area (Å²) >= 11 is 5.67. The van der Waals surface area contributed by atoms with Gasteiger partial charge in [-0.25, -0.2) is 0 Å². The van der Waals surface area contributed by atoms with Crippen LogP contribution in [-0.4, -0.2) is 0 Å². The number of halogens is 1. The molecule has 0 radical (unpaired) electrons. The van der Waals surface area contributed by atoms with E-state index in [1.54, 1.807) is 0 Å². The maximum Gasteiger partial charge on any atom is 0.0517 e. The second kappa shape index (κ2) is 4.61. The van der Waals surface area contributed by atoms with E-state index in [1.165, 1.54) is 9.75 Å². The van der Waals surface area contributed by atoms with Gasteiger partial charge in [0.25, 0.3) is 0 Å². The third-order valence-corrected chi connectivity index (χ3v) is 5.26. The van der Waals surface area contributed by atoms with Crippen LogP contribution in [0, 0.1) is 18.8 Å². The van der Waals surface area contributed by atoms with Crippen LogP contribution in [0.25, 0.3) is 0 Å². The van der Waals surface area contributed by atoms with Gasteiger partial charge in [0.15, 0.2) is 0 Å². The quantitative estimate of drug-likeness (QED) is 0.686. The second-order valence-electron chi connectivity index (χ2n) is 3.95. The molecule has 13 heavy (non-hydrogen) atoms. The van der Waals surface area contributed by atoms with E-state index in [0.717, 1.165) is 5.92 Å². The van der Waals surface area contributed by atoms with Crippen LogP contribution < -0.4 is 0 Å². The van der Waals surface area contributed by atoms with Gasteiger partial charge in [-0.1, -0.05) is 36.7 Å². The zero-order valence-electron chi connectivity index (χ0n) is 8.67. The van der Waals surface area contributed by atoms with Crippen molar-refractivity contribution in [3.63, 3.8) is 0 Å². The average Bonchev–Trinajstić information content (AvgIpc) is 2.49. The Balaban J connectivity index is 2.73. The molecule has 0 saturated heterocycles. The Morgan fingerprint density at radius 2 is 1.85 bits per heavy atom. The third kappa shape index (κ3) is 2.81. The molecular formula is C11H17BrS. The maximum atomic E-state index is 3.78. The van der Waals surface area contributed by atoms with E-state index in [2.05, 4.69) is 55.8 Å². The first-order valence-electron chi connectivity index (χ1n) is 4.72. The lowest BCUT2D eigenvalue weighted by atomic mass is 9.94. The van der Waals surface area contributed by atoms with E-state index in [-0.39, 0.29) is 0 Å². The van der Waals surface area contributed by atoms with Gasteiger partial charge < -0.3 is 0 Å². The minimum atomic E-state index is 0.520. The molecule has 0 aliphatic carbocycles. The molecule has 2 heteroatoms. The molecule has 1 heterocycles. The van der Waals surface area contributed by atoms with E-state index in [0.29, 0.717) is 10.7 Å². The van der Waals surface area contributed by atoms with Gasteiger partial charge in [-0.15, -0.1) is 11.3 Å². The van der Waals surface area contributed by atoms with Crippen LogP contribution >= 0.6 is 27.3 Å². The number of thiophene rings is 1. The summed E-state index contributed by atoms with van der Waals surface area (Å²) in [5, 5.41) is 0. The summed E-state index contributed by atoms with van der Waals surface area (Å²) in [5.74, 6) is 1.42. The Labute approximate surface area is 93.5 Å². The largest absolute Gasteiger partial charge is 0.145 e. The summed E-state index contributed by atoms with van der Waals surface area (Å²) in [6.07, 6.45) is 0. The molecule has 0 aliphatic rings. The zero-order chi connectivity index (χ0) is 10.0. The molecule has 0 amide bonds. The fourth-order valence-electron chi connectivity index (χ4n) is 1.20. The normalized spacial score (nSPS) is 16.2. The van der Waals surface area contributed by atoms with Gasteiger partial charge in [0, 0.05) is 9.75 Å². The van der Waals surface area contributed by atoms with E-state index in [4.69, 9.17) is 0 Å². The molecule has 2 atom stereocenters. The van der Waals surface area contributed by atoms with Crippen LogP contribution in [0.3, 0.4) is 0 Å². The molecule has 1 aromatic heterocycles. The van der Waals surface area contributed by atoms with Gasteiger partial charge in [0.1, 0.15) is 0 Å². The van der Waals surface area contributed by atoms with Gasteiger partial charge in [0.2, 0.25) is 0 Å². The van der Waals surface area contributed by atoms with E-state index in [1.807, 2.05) is 11.3 Å². The van der Waals surface area contributed by atoms with Crippen molar-refractivity contribution < 1.29 is 0 Å². The summed E-state index contributed by atoms with van der Waals surface area (Å²) in [7, 11) is 0. The zero-order valence-corrected chi connectivity index (χ0v) is 11.1. The lowest BCUT2D eigenvalue weighted by Gasteiger charge is -2.20. The molecule has 0 aliphatic heterocycles. The van der Waals surface area contributed by atoms with Crippen LogP contribution in [0.1, 0.15) is 35.4 Å². The van der Waals surface area contributed by atoms with Gasteiger partial charge >= 0.3 is 0 Å². The van der Waals surface area contributed by atoms with E-state index >= 15 is 0 Å². The van der Waals surface area contributed by atoms with Crippen molar-refractivity contribution >= 4 is 27.3 Å². The van der Waals surface area contributed by atoms with Crippen LogP contribution in [0.5, 0.6) is 0 Å². The molecule has 0 N–H and O–H groups in total. The Morgan fingerprint density at radius 1 is 1.23 bits per heavy atom. The molecule has 2 unspecified atom stereocenters. The van der Waals surface area contributed by atoms with Gasteiger partial charge in [-0.3, -0.25) is 0 Å². The third-order valence-electron chi connectivity index (χ3n) is 2.55. The van der Waals surface area contributed by atoms with Crippen LogP contribution in [0.15, 0.2) is 12.1 Å². The highest BCUT2D eigenvalue weighted by Gasteiger charge is 2.20. The van der Waals surface area contributed by atoms with Gasteiger partial charge in [-0.05, 0) is 30.9 Å². The predicted octanol–water partition coefficient (Wildman–Crippen LogP) is 4.78. The van der Waals surface area contributed by atoms with Crippen molar-refractivity contribution in [3.05, 3.63) is 21.9 Å². The van der Waals surface area contributed by atoms with E-state index in [9.17, 15) is 0 Å². The maximum absolute atomic E-state index is 3.78. The Kier molecular flexibility index (Phi) is 3.99. The minimum Gasteiger partial charge on any atom is -0.145 e. The number of hydrogen-bond acceptors (Lipinski definition) is 1. The first kappa shape index (κ1) is 11.3. The summed E-state index contributed by atoms with van der Waals surface area (Å²) in [6.45, 7) is 9.02. The van der Waals surface area contributed by atoms with Gasteiger partial charge in [0.05, 0.1) is 4.83 Å². The highest BCUT2D eigenvalue weighted by atomic mass is 79.9. The van der Waals surface area contributed by atoms with Crippen LogP contribution in [-0.2, 0) is 0 Å². The van der Waals surface area contributed by atoms with Crippen molar-refractivity contribution in [2.45, 2.75) is 32.5 Å². The molecule has 0 nitrogen and oxygen atoms in total. The molecule has 0 saturated carbocycles. The molecule has 0 fully saturated rings. The molecular weight excluding hydrogens is 244 g/mol. The summed E-state index contributed by atoms with van der Waals surface area (Å²) in [6, 6.07) is 4.43. The highest BCUT2D eigenvalue weighted by Crippen LogP contribution is 2.38. The number of alkyl halides is 1. The van der Waals surface area contributed by atoms with Crippen molar-refractivity contribution in [3.8, 4) is 0 Å². The van der Waals surface area contributed by atoms with Gasteiger partial charge in [-0.2, -0.15) is 0 Å². The average molecular weight is 261 g/mol. The fourth-order valence-corrected chi connectivity index (χ4v) is 3.21. The molecule has 74 valence electrons. The Hall–Kier alpha value is 0.180. The number of rotatable bonds is 3. The van der Waals surface area contributed by atoms with Crippen LogP contribution in [0.2, 0.25) is 0 Å². The molecule has 0 bridgehead atoms. The molecule has 0 aromatic carbocycles. The topological polar surface area (TPSA) is 0 Å². The van der Waals surface area contributed by atoms with Crippen molar-refractivity contribution in [2.75, 3.05) is 0 Å². The first-order valence-corrected chi connectivity index (χ1v) is 6.46. The van der Waals surface area contributed by atoms with Crippen molar-refractivity contribution in [1.29, 1.82) is 0 Å². The highest BCUT2D eigenvalue weighted by molar-refractivity contribution is 9.09. The van der Waals surface area contributed by atoms with Crippen molar-refractivity contribution in [1.82, 2.24) is 0 Å². The Bertz CT molecular complexity index is 265. The standard InChI is InChI=1S/C11H17BrS/c1-7(2)9(4)11(12)10-6-5-8(3)13-10/h5-7,9,11H,1-4H3. The molecule has 1 rings (SSSR count). The number of aryl methyl sites for hydroxylation is 1. The fraction of sp³-hybridized carbons (Fsp3) is 0.636. The Morgan fingerprint density at radius 3 is 2.23 bits per heavy atom. The second-order valence-corrected chi connectivity index (χ2v) is 6.26. The lowest BCUT2D eigenvalue weighted by Crippen LogP contribution is -2.09. The summed E-state index contributed by atoms with van der Waals surface area (Å²) < 4.78 is 0. The summed E-state index contributed by atoms with van der Waals surface area (Å²) in [5.41, 5.74) is 0. The SMILES string of the molecule is Cc1ccc(C(Br)C(C)C(C)C)s1. The lowest BCUT2D eigenvalue weighted by molar-refractivity contribution is 0.417. The number of hydrogen-bond donors (Lipinski definition) is 0. The minimum absolute atomic E-state index is 0.520. The monoisotopic (exact) mass is 260 g/mol. The van der Waals surface area contributed by atoms with Crippen molar-refractivity contribution in [2.24, 2.45) is 11.8 Å². The first-order chi connectivity index (χ1) is 6.02. The van der Waals surface area contributed by atoms with E-state index < -0.39 is 0 Å². The molecule has 0 spiro atoms. The molecule has 1 aromatic rings. The van der Waals surface area contributed by atoms with Crippen LogP contribution in [0.4, 0.5) is 0 Å². The summed E-state index contributed by atoms with van der Waals surface area (Å²) in [4.78, 5) is 3.38.